The van der Waals surface area contributed by atoms with E-state index in [0.29, 0.717) is 6.04 Å². The molecule has 5 heteroatoms. The van der Waals surface area contributed by atoms with E-state index in [-0.39, 0.29) is 30.5 Å². The van der Waals surface area contributed by atoms with Crippen molar-refractivity contribution in [3.8, 4) is 0 Å². The lowest BCUT2D eigenvalue weighted by atomic mass is 10.1. The average Bonchev–Trinajstić information content (AvgIpc) is 2.78. The number of esters is 1. The summed E-state index contributed by atoms with van der Waals surface area (Å²) in [6.45, 7) is 6.30. The number of nitrogens with zero attached hydrogens (tertiary/aromatic N) is 1. The second-order valence-corrected chi connectivity index (χ2v) is 6.22. The Bertz CT molecular complexity index is 317. The standard InChI is InChI=1S/C14H26N2O3/c1-14(2,3)15-12(17)9-16(10-13(18)19-4)11-7-5-6-8-11/h11H,5-10H2,1-4H3,(H,15,17). The molecule has 1 amide bonds. The first-order valence-corrected chi connectivity index (χ1v) is 6.93. The van der Waals surface area contributed by atoms with Gasteiger partial charge in [0.15, 0.2) is 0 Å². The molecule has 1 rings (SSSR count). The molecule has 0 radical (unpaired) electrons. The fourth-order valence-corrected chi connectivity index (χ4v) is 2.46. The topological polar surface area (TPSA) is 58.6 Å². The van der Waals surface area contributed by atoms with E-state index in [9.17, 15) is 9.59 Å². The SMILES string of the molecule is COC(=O)CN(CC(=O)NC(C)(C)C)C1CCCC1. The van der Waals surface area contributed by atoms with Gasteiger partial charge in [0.2, 0.25) is 5.91 Å². The number of methoxy groups -OCH3 is 1. The van der Waals surface area contributed by atoms with E-state index in [2.05, 4.69) is 5.32 Å². The van der Waals surface area contributed by atoms with E-state index < -0.39 is 0 Å². The van der Waals surface area contributed by atoms with E-state index in [0.717, 1.165) is 12.8 Å². The number of amides is 1. The van der Waals surface area contributed by atoms with Crippen LogP contribution in [0.5, 0.6) is 0 Å². The largest absolute Gasteiger partial charge is 0.468 e. The summed E-state index contributed by atoms with van der Waals surface area (Å²) in [4.78, 5) is 25.4. The summed E-state index contributed by atoms with van der Waals surface area (Å²) in [5.41, 5.74) is -0.246. The maximum Gasteiger partial charge on any atom is 0.319 e. The number of hydrogen-bond donors (Lipinski definition) is 1. The minimum Gasteiger partial charge on any atom is -0.468 e. The lowest BCUT2D eigenvalue weighted by Crippen LogP contribution is -2.49. The Hall–Kier alpha value is -1.10. The van der Waals surface area contributed by atoms with Crippen LogP contribution in [0, 0.1) is 0 Å². The minimum atomic E-state index is -0.282. The molecule has 0 aromatic carbocycles. The van der Waals surface area contributed by atoms with Gasteiger partial charge in [0.1, 0.15) is 0 Å². The van der Waals surface area contributed by atoms with Gasteiger partial charge in [0, 0.05) is 11.6 Å². The molecule has 0 aromatic heterocycles. The third kappa shape index (κ3) is 6.05. The number of nitrogens with one attached hydrogen (secondary N) is 1. The molecule has 0 aliphatic heterocycles. The van der Waals surface area contributed by atoms with Gasteiger partial charge >= 0.3 is 5.97 Å². The van der Waals surface area contributed by atoms with Crippen molar-refractivity contribution in [1.82, 2.24) is 10.2 Å². The van der Waals surface area contributed by atoms with Crippen molar-refractivity contribution in [3.63, 3.8) is 0 Å². The molecule has 0 atom stereocenters. The summed E-state index contributed by atoms with van der Waals surface area (Å²) < 4.78 is 4.71. The molecule has 110 valence electrons. The molecule has 0 heterocycles. The highest BCUT2D eigenvalue weighted by molar-refractivity contribution is 5.80. The van der Waals surface area contributed by atoms with Gasteiger partial charge in [-0.15, -0.1) is 0 Å². The van der Waals surface area contributed by atoms with E-state index >= 15 is 0 Å². The first-order chi connectivity index (χ1) is 8.81. The Morgan fingerprint density at radius 2 is 1.79 bits per heavy atom. The lowest BCUT2D eigenvalue weighted by molar-refractivity contribution is -0.143. The molecule has 0 spiro atoms. The van der Waals surface area contributed by atoms with Crippen molar-refractivity contribution in [1.29, 1.82) is 0 Å². The Kier molecular flexibility index (Phi) is 5.79. The summed E-state index contributed by atoms with van der Waals surface area (Å²) >= 11 is 0. The number of carbonyl (C=O) groups is 2. The quantitative estimate of drug-likeness (QED) is 0.765. The van der Waals surface area contributed by atoms with E-state index in [4.69, 9.17) is 4.74 Å². The minimum absolute atomic E-state index is 0.0386. The van der Waals surface area contributed by atoms with Crippen LogP contribution in [-0.2, 0) is 14.3 Å². The number of rotatable bonds is 5. The third-order valence-corrected chi connectivity index (χ3v) is 3.26. The van der Waals surface area contributed by atoms with Gasteiger partial charge < -0.3 is 10.1 Å². The van der Waals surface area contributed by atoms with Gasteiger partial charge in [-0.1, -0.05) is 12.8 Å². The van der Waals surface area contributed by atoms with Gasteiger partial charge in [0.05, 0.1) is 20.2 Å². The highest BCUT2D eigenvalue weighted by Crippen LogP contribution is 2.23. The zero-order valence-electron chi connectivity index (χ0n) is 12.5. The number of carbonyl (C=O) groups excluding carboxylic acids is 2. The Balaban J connectivity index is 2.57. The molecule has 1 aliphatic carbocycles. The summed E-state index contributed by atoms with van der Waals surface area (Å²) in [5.74, 6) is -0.321. The molecule has 1 saturated carbocycles. The Morgan fingerprint density at radius 3 is 2.26 bits per heavy atom. The van der Waals surface area contributed by atoms with Crippen LogP contribution in [0.1, 0.15) is 46.5 Å². The highest BCUT2D eigenvalue weighted by atomic mass is 16.5. The van der Waals surface area contributed by atoms with Crippen molar-refractivity contribution in [2.24, 2.45) is 0 Å². The van der Waals surface area contributed by atoms with E-state index in [1.807, 2.05) is 25.7 Å². The van der Waals surface area contributed by atoms with Crippen molar-refractivity contribution in [2.75, 3.05) is 20.2 Å². The first-order valence-electron chi connectivity index (χ1n) is 6.93. The van der Waals surface area contributed by atoms with Gasteiger partial charge in [-0.25, -0.2) is 0 Å². The monoisotopic (exact) mass is 270 g/mol. The maximum atomic E-state index is 12.0. The summed E-state index contributed by atoms with van der Waals surface area (Å²) in [7, 11) is 1.38. The third-order valence-electron chi connectivity index (χ3n) is 3.26. The normalized spacial score (nSPS) is 16.7. The van der Waals surface area contributed by atoms with Gasteiger partial charge in [-0.3, -0.25) is 14.5 Å². The predicted octanol–water partition coefficient (Wildman–Crippen LogP) is 1.32. The molecular weight excluding hydrogens is 244 g/mol. The van der Waals surface area contributed by atoms with Crippen LogP contribution in [0.4, 0.5) is 0 Å². The van der Waals surface area contributed by atoms with Crippen molar-refractivity contribution in [3.05, 3.63) is 0 Å². The van der Waals surface area contributed by atoms with Crippen LogP contribution < -0.4 is 5.32 Å². The molecular formula is C14H26N2O3. The van der Waals surface area contributed by atoms with Crippen LogP contribution in [-0.4, -0.2) is 48.6 Å². The fourth-order valence-electron chi connectivity index (χ4n) is 2.46. The fraction of sp³-hybridized carbons (Fsp3) is 0.857. The molecule has 0 bridgehead atoms. The van der Waals surface area contributed by atoms with Gasteiger partial charge in [-0.2, -0.15) is 0 Å². The molecule has 1 aliphatic rings. The molecule has 1 N–H and O–H groups in total. The molecule has 5 nitrogen and oxygen atoms in total. The zero-order valence-corrected chi connectivity index (χ0v) is 12.5. The van der Waals surface area contributed by atoms with Gasteiger partial charge in [0.25, 0.3) is 0 Å². The smallest absolute Gasteiger partial charge is 0.319 e. The van der Waals surface area contributed by atoms with Crippen LogP contribution >= 0.6 is 0 Å². The van der Waals surface area contributed by atoms with Crippen LogP contribution in [0.3, 0.4) is 0 Å². The molecule has 0 aromatic rings. The van der Waals surface area contributed by atoms with Gasteiger partial charge in [-0.05, 0) is 33.6 Å². The average molecular weight is 270 g/mol. The summed E-state index contributed by atoms with van der Waals surface area (Å²) in [6, 6.07) is 0.324. The van der Waals surface area contributed by atoms with Crippen LogP contribution in [0.25, 0.3) is 0 Å². The lowest BCUT2D eigenvalue weighted by Gasteiger charge is -2.29. The van der Waals surface area contributed by atoms with E-state index in [1.54, 1.807) is 0 Å². The maximum absolute atomic E-state index is 12.0. The first kappa shape index (κ1) is 16.0. The molecule has 0 saturated heterocycles. The second kappa shape index (κ2) is 6.89. The number of ether oxygens (including phenoxy) is 1. The summed E-state index contributed by atoms with van der Waals surface area (Å²) in [6.07, 6.45) is 4.45. The summed E-state index contributed by atoms with van der Waals surface area (Å²) in [5, 5.41) is 2.93. The molecule has 19 heavy (non-hydrogen) atoms. The second-order valence-electron chi connectivity index (χ2n) is 6.22. The van der Waals surface area contributed by atoms with Crippen molar-refractivity contribution in [2.45, 2.75) is 58.0 Å². The van der Waals surface area contributed by atoms with E-state index in [1.165, 1.54) is 20.0 Å². The van der Waals surface area contributed by atoms with Crippen LogP contribution in [0.15, 0.2) is 0 Å². The Morgan fingerprint density at radius 1 is 1.21 bits per heavy atom. The molecule has 1 fully saturated rings. The highest BCUT2D eigenvalue weighted by Gasteiger charge is 2.27. The number of hydrogen-bond acceptors (Lipinski definition) is 4. The Labute approximate surface area is 115 Å². The van der Waals surface area contributed by atoms with Crippen molar-refractivity contribution >= 4 is 11.9 Å². The predicted molar refractivity (Wildman–Crippen MR) is 73.7 cm³/mol. The van der Waals surface area contributed by atoms with Crippen LogP contribution in [0.2, 0.25) is 0 Å². The molecule has 0 unspecified atom stereocenters. The van der Waals surface area contributed by atoms with Crippen molar-refractivity contribution < 1.29 is 14.3 Å². The zero-order chi connectivity index (χ0) is 14.5.